The number of non-ortho nitro benzene ring substituents is 1. The van der Waals surface area contributed by atoms with Crippen LogP contribution in [0.2, 0.25) is 0 Å². The Bertz CT molecular complexity index is 736. The molecular formula is C14H11F3N2O3. The second-order valence-corrected chi connectivity index (χ2v) is 4.62. The third-order valence-corrected chi connectivity index (χ3v) is 3.10. The summed E-state index contributed by atoms with van der Waals surface area (Å²) in [6.45, 7) is 0.0561. The van der Waals surface area contributed by atoms with E-state index in [-0.39, 0.29) is 12.2 Å². The van der Waals surface area contributed by atoms with Crippen LogP contribution in [0.25, 0.3) is 0 Å². The van der Waals surface area contributed by atoms with Crippen LogP contribution < -0.4 is 5.56 Å². The maximum absolute atomic E-state index is 12.6. The van der Waals surface area contributed by atoms with Crippen LogP contribution in [0, 0.1) is 10.1 Å². The number of nitro benzene ring substituents is 1. The van der Waals surface area contributed by atoms with Gasteiger partial charge in [0, 0.05) is 30.9 Å². The molecule has 0 unspecified atom stereocenters. The maximum atomic E-state index is 12.6. The van der Waals surface area contributed by atoms with Crippen molar-refractivity contribution in [3.05, 3.63) is 74.2 Å². The molecule has 1 aromatic heterocycles. The summed E-state index contributed by atoms with van der Waals surface area (Å²) in [6.07, 6.45) is -3.45. The molecular weight excluding hydrogens is 301 g/mol. The molecule has 0 aliphatic rings. The molecule has 0 spiro atoms. The highest BCUT2D eigenvalue weighted by molar-refractivity contribution is 5.32. The number of aromatic nitrogens is 1. The zero-order chi connectivity index (χ0) is 16.3. The van der Waals surface area contributed by atoms with Crippen molar-refractivity contribution in [1.29, 1.82) is 0 Å². The minimum atomic E-state index is -4.51. The van der Waals surface area contributed by atoms with Gasteiger partial charge in [-0.15, -0.1) is 0 Å². The lowest BCUT2D eigenvalue weighted by molar-refractivity contribution is -0.384. The van der Waals surface area contributed by atoms with Gasteiger partial charge in [0.25, 0.3) is 11.2 Å². The van der Waals surface area contributed by atoms with Crippen molar-refractivity contribution in [2.45, 2.75) is 19.1 Å². The van der Waals surface area contributed by atoms with Crippen LogP contribution in [-0.4, -0.2) is 9.49 Å². The number of pyridine rings is 1. The van der Waals surface area contributed by atoms with Gasteiger partial charge in [-0.05, 0) is 18.1 Å². The Morgan fingerprint density at radius 3 is 2.27 bits per heavy atom. The Morgan fingerprint density at radius 1 is 1.09 bits per heavy atom. The van der Waals surface area contributed by atoms with E-state index in [1.54, 1.807) is 0 Å². The third kappa shape index (κ3) is 3.72. The van der Waals surface area contributed by atoms with E-state index in [4.69, 9.17) is 0 Å². The quantitative estimate of drug-likeness (QED) is 0.644. The Kier molecular flexibility index (Phi) is 4.30. The molecule has 2 rings (SSSR count). The Balaban J connectivity index is 2.14. The van der Waals surface area contributed by atoms with Crippen LogP contribution >= 0.6 is 0 Å². The molecule has 0 aliphatic heterocycles. The number of hydrogen-bond donors (Lipinski definition) is 0. The summed E-state index contributed by atoms with van der Waals surface area (Å²) in [5.74, 6) is 0. The average Bonchev–Trinajstić information content (AvgIpc) is 2.45. The van der Waals surface area contributed by atoms with Crippen LogP contribution in [-0.2, 0) is 19.1 Å². The lowest BCUT2D eigenvalue weighted by atomic mass is 10.1. The Hall–Kier alpha value is -2.64. The standard InChI is InChI=1S/C14H11F3N2O3/c15-14(16,17)11-3-6-13(20)18(9-11)8-7-10-1-4-12(5-2-10)19(21)22/h1-6,9H,7-8H2. The van der Waals surface area contributed by atoms with E-state index < -0.39 is 22.2 Å². The molecule has 0 N–H and O–H groups in total. The van der Waals surface area contributed by atoms with Crippen molar-refractivity contribution in [1.82, 2.24) is 4.57 Å². The molecule has 0 saturated carbocycles. The number of aryl methyl sites for hydroxylation is 2. The molecule has 0 fully saturated rings. The molecule has 116 valence electrons. The summed E-state index contributed by atoms with van der Waals surface area (Å²) >= 11 is 0. The van der Waals surface area contributed by atoms with Gasteiger partial charge in [-0.3, -0.25) is 14.9 Å². The molecule has 0 amide bonds. The molecule has 0 saturated heterocycles. The number of nitrogens with zero attached hydrogens (tertiary/aromatic N) is 2. The van der Waals surface area contributed by atoms with E-state index in [1.165, 1.54) is 24.3 Å². The second kappa shape index (κ2) is 6.00. The summed E-state index contributed by atoms with van der Waals surface area (Å²) in [7, 11) is 0. The first-order valence-electron chi connectivity index (χ1n) is 6.28. The number of hydrogen-bond acceptors (Lipinski definition) is 3. The van der Waals surface area contributed by atoms with Crippen LogP contribution in [0.4, 0.5) is 18.9 Å². The highest BCUT2D eigenvalue weighted by Crippen LogP contribution is 2.28. The van der Waals surface area contributed by atoms with Gasteiger partial charge in [0.2, 0.25) is 0 Å². The lowest BCUT2D eigenvalue weighted by Gasteiger charge is -2.10. The van der Waals surface area contributed by atoms with Crippen molar-refractivity contribution in [3.8, 4) is 0 Å². The summed E-state index contributed by atoms with van der Waals surface area (Å²) < 4.78 is 38.8. The average molecular weight is 312 g/mol. The topological polar surface area (TPSA) is 65.1 Å². The molecule has 0 radical (unpaired) electrons. The first-order chi connectivity index (χ1) is 10.3. The largest absolute Gasteiger partial charge is 0.417 e. The fourth-order valence-electron chi connectivity index (χ4n) is 1.91. The van der Waals surface area contributed by atoms with Crippen molar-refractivity contribution < 1.29 is 18.1 Å². The fraction of sp³-hybridized carbons (Fsp3) is 0.214. The monoisotopic (exact) mass is 312 g/mol. The third-order valence-electron chi connectivity index (χ3n) is 3.10. The van der Waals surface area contributed by atoms with Gasteiger partial charge >= 0.3 is 6.18 Å². The Morgan fingerprint density at radius 2 is 1.73 bits per heavy atom. The van der Waals surface area contributed by atoms with E-state index in [1.807, 2.05) is 0 Å². The van der Waals surface area contributed by atoms with E-state index in [2.05, 4.69) is 0 Å². The predicted octanol–water partition coefficient (Wildman–Crippen LogP) is 3.02. The van der Waals surface area contributed by atoms with E-state index in [0.717, 1.165) is 22.9 Å². The SMILES string of the molecule is O=c1ccc(C(F)(F)F)cn1CCc1ccc([N+](=O)[O-])cc1. The Labute approximate surface area is 122 Å². The van der Waals surface area contributed by atoms with Gasteiger partial charge in [0.1, 0.15) is 0 Å². The number of alkyl halides is 3. The summed E-state index contributed by atoms with van der Waals surface area (Å²) in [6, 6.07) is 7.26. The van der Waals surface area contributed by atoms with Gasteiger partial charge in [-0.25, -0.2) is 0 Å². The van der Waals surface area contributed by atoms with Gasteiger partial charge in [0.05, 0.1) is 10.5 Å². The normalized spacial score (nSPS) is 11.4. The van der Waals surface area contributed by atoms with Crippen LogP contribution in [0.1, 0.15) is 11.1 Å². The molecule has 0 aliphatic carbocycles. The molecule has 0 bridgehead atoms. The smallest absolute Gasteiger partial charge is 0.315 e. The minimum Gasteiger partial charge on any atom is -0.315 e. The zero-order valence-corrected chi connectivity index (χ0v) is 11.2. The van der Waals surface area contributed by atoms with Crippen molar-refractivity contribution in [3.63, 3.8) is 0 Å². The second-order valence-electron chi connectivity index (χ2n) is 4.62. The van der Waals surface area contributed by atoms with Crippen molar-refractivity contribution in [2.24, 2.45) is 0 Å². The molecule has 1 heterocycles. The fourth-order valence-corrected chi connectivity index (χ4v) is 1.91. The van der Waals surface area contributed by atoms with E-state index in [0.29, 0.717) is 12.0 Å². The maximum Gasteiger partial charge on any atom is 0.417 e. The first kappa shape index (κ1) is 15.7. The molecule has 0 atom stereocenters. The van der Waals surface area contributed by atoms with E-state index >= 15 is 0 Å². The highest BCUT2D eigenvalue weighted by Gasteiger charge is 2.30. The van der Waals surface area contributed by atoms with Crippen molar-refractivity contribution >= 4 is 5.69 Å². The van der Waals surface area contributed by atoms with Crippen LogP contribution in [0.15, 0.2) is 47.4 Å². The van der Waals surface area contributed by atoms with Crippen LogP contribution in [0.3, 0.4) is 0 Å². The van der Waals surface area contributed by atoms with Crippen LogP contribution in [0.5, 0.6) is 0 Å². The molecule has 8 heteroatoms. The van der Waals surface area contributed by atoms with Gasteiger partial charge in [-0.1, -0.05) is 12.1 Å². The summed E-state index contributed by atoms with van der Waals surface area (Å²) in [5, 5.41) is 10.5. The lowest BCUT2D eigenvalue weighted by Crippen LogP contribution is -2.22. The highest BCUT2D eigenvalue weighted by atomic mass is 19.4. The molecule has 2 aromatic rings. The van der Waals surface area contributed by atoms with Gasteiger partial charge in [-0.2, -0.15) is 13.2 Å². The molecule has 5 nitrogen and oxygen atoms in total. The number of benzene rings is 1. The van der Waals surface area contributed by atoms with Gasteiger partial charge in [0.15, 0.2) is 0 Å². The van der Waals surface area contributed by atoms with Crippen molar-refractivity contribution in [2.75, 3.05) is 0 Å². The van der Waals surface area contributed by atoms with E-state index in [9.17, 15) is 28.1 Å². The number of rotatable bonds is 4. The first-order valence-corrected chi connectivity index (χ1v) is 6.28. The minimum absolute atomic E-state index is 0.0561. The summed E-state index contributed by atoms with van der Waals surface area (Å²) in [4.78, 5) is 21.6. The molecule has 22 heavy (non-hydrogen) atoms. The van der Waals surface area contributed by atoms with Gasteiger partial charge < -0.3 is 4.57 Å². The predicted molar refractivity (Wildman–Crippen MR) is 72.5 cm³/mol. The molecule has 1 aromatic carbocycles. The zero-order valence-electron chi connectivity index (χ0n) is 11.2. The number of halogens is 3. The summed E-state index contributed by atoms with van der Waals surface area (Å²) in [5.41, 5.74) is -0.805. The number of nitro groups is 1.